The number of carbonyl (C=O) groups excluding carboxylic acids is 3. The zero-order valence-electron chi connectivity index (χ0n) is 15.7. The number of amides is 4. The van der Waals surface area contributed by atoms with Crippen molar-refractivity contribution in [3.8, 4) is 5.75 Å². The second kappa shape index (κ2) is 8.05. The molecule has 0 aliphatic carbocycles. The van der Waals surface area contributed by atoms with Gasteiger partial charge in [-0.3, -0.25) is 14.9 Å². The summed E-state index contributed by atoms with van der Waals surface area (Å²) in [5, 5.41) is 5.56. The Kier molecular flexibility index (Phi) is 5.90. The summed E-state index contributed by atoms with van der Waals surface area (Å²) in [4.78, 5) is 39.6. The van der Waals surface area contributed by atoms with Crippen molar-refractivity contribution in [3.05, 3.63) is 22.2 Å². The third-order valence-electron chi connectivity index (χ3n) is 5.15. The Morgan fingerprint density at radius 3 is 2.46 bits per heavy atom. The first kappa shape index (κ1) is 20.5. The van der Waals surface area contributed by atoms with Crippen molar-refractivity contribution in [2.45, 2.75) is 25.3 Å². The molecule has 0 spiro atoms. The van der Waals surface area contributed by atoms with Crippen molar-refractivity contribution >= 4 is 46.7 Å². The van der Waals surface area contributed by atoms with E-state index >= 15 is 0 Å². The van der Waals surface area contributed by atoms with Gasteiger partial charge in [0.2, 0.25) is 5.91 Å². The van der Waals surface area contributed by atoms with Crippen molar-refractivity contribution < 1.29 is 19.1 Å². The van der Waals surface area contributed by atoms with E-state index in [1.807, 2.05) is 6.07 Å². The number of piperazine rings is 1. The highest BCUT2D eigenvalue weighted by molar-refractivity contribution is 6.43. The van der Waals surface area contributed by atoms with Crippen LogP contribution in [0.3, 0.4) is 0 Å². The number of nitrogens with zero attached hydrogens (tertiary/aromatic N) is 2. The molecule has 2 saturated heterocycles. The Balaban J connectivity index is 1.55. The van der Waals surface area contributed by atoms with E-state index in [2.05, 4.69) is 15.5 Å². The number of anilines is 1. The number of hydrogen-bond acceptors (Lipinski definition) is 5. The third-order valence-corrected chi connectivity index (χ3v) is 5.94. The molecule has 28 heavy (non-hydrogen) atoms. The van der Waals surface area contributed by atoms with E-state index < -0.39 is 17.5 Å². The van der Waals surface area contributed by atoms with Crippen molar-refractivity contribution in [2.75, 3.05) is 38.2 Å². The van der Waals surface area contributed by atoms with Crippen LogP contribution in [0.25, 0.3) is 0 Å². The highest BCUT2D eigenvalue weighted by atomic mass is 35.5. The van der Waals surface area contributed by atoms with Gasteiger partial charge in [0.25, 0.3) is 5.91 Å². The van der Waals surface area contributed by atoms with Crippen LogP contribution in [0.5, 0.6) is 5.75 Å². The fourth-order valence-corrected chi connectivity index (χ4v) is 3.76. The largest absolute Gasteiger partial charge is 0.495 e. The minimum atomic E-state index is -1.04. The summed E-state index contributed by atoms with van der Waals surface area (Å²) in [5.74, 6) is 0.0676. The number of carbonyl (C=O) groups is 3. The minimum Gasteiger partial charge on any atom is -0.495 e. The first-order valence-corrected chi connectivity index (χ1v) is 9.68. The maximum absolute atomic E-state index is 12.5. The molecule has 4 amide bonds. The molecule has 1 atom stereocenters. The van der Waals surface area contributed by atoms with E-state index in [-0.39, 0.29) is 18.7 Å². The third kappa shape index (κ3) is 4.12. The molecular formula is C18H22Cl2N4O4. The molecular weight excluding hydrogens is 407 g/mol. The Morgan fingerprint density at radius 1 is 1.21 bits per heavy atom. The van der Waals surface area contributed by atoms with E-state index in [1.54, 1.807) is 17.9 Å². The van der Waals surface area contributed by atoms with E-state index in [0.29, 0.717) is 42.0 Å². The van der Waals surface area contributed by atoms with Gasteiger partial charge < -0.3 is 19.9 Å². The first-order chi connectivity index (χ1) is 13.2. The lowest BCUT2D eigenvalue weighted by molar-refractivity contribution is -0.132. The van der Waals surface area contributed by atoms with E-state index in [0.717, 1.165) is 5.69 Å². The average molecular weight is 429 g/mol. The Labute approximate surface area is 173 Å². The van der Waals surface area contributed by atoms with E-state index in [4.69, 9.17) is 27.9 Å². The molecule has 2 aliphatic rings. The number of rotatable bonds is 5. The lowest BCUT2D eigenvalue weighted by Gasteiger charge is -2.36. The van der Waals surface area contributed by atoms with Crippen LogP contribution in [-0.2, 0) is 9.59 Å². The molecule has 152 valence electrons. The van der Waals surface area contributed by atoms with Crippen LogP contribution in [0.2, 0.25) is 10.0 Å². The number of benzene rings is 1. The van der Waals surface area contributed by atoms with Crippen molar-refractivity contribution in [2.24, 2.45) is 0 Å². The maximum atomic E-state index is 12.5. The molecule has 2 fully saturated rings. The normalized spacial score (nSPS) is 22.1. The average Bonchev–Trinajstić information content (AvgIpc) is 2.94. The monoisotopic (exact) mass is 428 g/mol. The van der Waals surface area contributed by atoms with E-state index in [1.165, 1.54) is 7.11 Å². The van der Waals surface area contributed by atoms with Gasteiger partial charge in [0.05, 0.1) is 12.1 Å². The van der Waals surface area contributed by atoms with Gasteiger partial charge in [0.1, 0.15) is 16.3 Å². The molecule has 10 heteroatoms. The number of halogens is 2. The standard InChI is InChI=1S/C18H22Cl2N4O4/c1-18(16(26)21-17(27)22-18)4-3-14(25)24-7-5-23(6-8-24)11-9-12(19)15(20)13(10-11)28-2/h9-10H,3-8H2,1-2H3,(H2,21,22,26,27). The summed E-state index contributed by atoms with van der Waals surface area (Å²) in [5.41, 5.74) is -0.151. The number of nitrogens with one attached hydrogen (secondary N) is 2. The fraction of sp³-hybridized carbons (Fsp3) is 0.500. The van der Waals surface area contributed by atoms with Gasteiger partial charge >= 0.3 is 6.03 Å². The van der Waals surface area contributed by atoms with Gasteiger partial charge in [-0.05, 0) is 19.4 Å². The number of urea groups is 1. The van der Waals surface area contributed by atoms with Gasteiger partial charge in [0.15, 0.2) is 0 Å². The lowest BCUT2D eigenvalue weighted by Crippen LogP contribution is -2.50. The van der Waals surface area contributed by atoms with Crippen molar-refractivity contribution in [1.82, 2.24) is 15.5 Å². The van der Waals surface area contributed by atoms with Gasteiger partial charge in [-0.25, -0.2) is 4.79 Å². The second-order valence-electron chi connectivity index (χ2n) is 7.05. The molecule has 2 heterocycles. The smallest absolute Gasteiger partial charge is 0.322 e. The molecule has 0 saturated carbocycles. The summed E-state index contributed by atoms with van der Waals surface area (Å²) >= 11 is 12.3. The predicted octanol–water partition coefficient (Wildman–Crippen LogP) is 2.03. The van der Waals surface area contributed by atoms with Crippen LogP contribution in [0.4, 0.5) is 10.5 Å². The molecule has 0 bridgehead atoms. The molecule has 0 radical (unpaired) electrons. The van der Waals surface area contributed by atoms with Gasteiger partial charge in [-0.1, -0.05) is 23.2 Å². The van der Waals surface area contributed by atoms with Crippen LogP contribution in [0, 0.1) is 0 Å². The Morgan fingerprint density at radius 2 is 1.89 bits per heavy atom. The number of methoxy groups -OCH3 is 1. The molecule has 1 aromatic rings. The summed E-state index contributed by atoms with van der Waals surface area (Å²) in [7, 11) is 1.53. The predicted molar refractivity (Wildman–Crippen MR) is 106 cm³/mol. The SMILES string of the molecule is COc1cc(N2CCN(C(=O)CCC3(C)NC(=O)NC3=O)CC2)cc(Cl)c1Cl. The quantitative estimate of drug-likeness (QED) is 0.700. The van der Waals surface area contributed by atoms with Gasteiger partial charge in [-0.2, -0.15) is 0 Å². The van der Waals surface area contributed by atoms with Crippen molar-refractivity contribution in [3.63, 3.8) is 0 Å². The molecule has 1 aromatic carbocycles. The second-order valence-corrected chi connectivity index (χ2v) is 7.84. The molecule has 1 unspecified atom stereocenters. The van der Waals surface area contributed by atoms with Crippen molar-refractivity contribution in [1.29, 1.82) is 0 Å². The first-order valence-electron chi connectivity index (χ1n) is 8.93. The zero-order chi connectivity index (χ0) is 20.5. The highest BCUT2D eigenvalue weighted by Crippen LogP contribution is 2.36. The van der Waals surface area contributed by atoms with Crippen LogP contribution in [0.15, 0.2) is 12.1 Å². The lowest BCUT2D eigenvalue weighted by atomic mass is 9.96. The van der Waals surface area contributed by atoms with Crippen LogP contribution in [-0.4, -0.2) is 61.6 Å². The Hall–Kier alpha value is -2.19. The minimum absolute atomic E-state index is 0.0402. The summed E-state index contributed by atoms with van der Waals surface area (Å²) in [6, 6.07) is 3.09. The van der Waals surface area contributed by atoms with E-state index in [9.17, 15) is 14.4 Å². The zero-order valence-corrected chi connectivity index (χ0v) is 17.2. The molecule has 2 N–H and O–H groups in total. The maximum Gasteiger partial charge on any atom is 0.322 e. The van der Waals surface area contributed by atoms with Crippen LogP contribution < -0.4 is 20.3 Å². The number of ether oxygens (including phenoxy) is 1. The summed E-state index contributed by atoms with van der Waals surface area (Å²) in [6.07, 6.45) is 0.443. The van der Waals surface area contributed by atoms with Crippen LogP contribution >= 0.6 is 23.2 Å². The summed E-state index contributed by atoms with van der Waals surface area (Å²) < 4.78 is 5.25. The van der Waals surface area contributed by atoms with Gasteiger partial charge in [0, 0.05) is 44.4 Å². The summed E-state index contributed by atoms with van der Waals surface area (Å²) in [6.45, 7) is 4.01. The molecule has 8 nitrogen and oxygen atoms in total. The fourth-order valence-electron chi connectivity index (χ4n) is 3.37. The molecule has 0 aromatic heterocycles. The molecule has 2 aliphatic heterocycles. The topological polar surface area (TPSA) is 91.0 Å². The van der Waals surface area contributed by atoms with Gasteiger partial charge in [-0.15, -0.1) is 0 Å². The number of imide groups is 1. The highest BCUT2D eigenvalue weighted by Gasteiger charge is 2.42. The molecule has 3 rings (SSSR count). The van der Waals surface area contributed by atoms with Crippen LogP contribution in [0.1, 0.15) is 19.8 Å². The Bertz CT molecular complexity index is 811. The number of hydrogen-bond donors (Lipinski definition) is 2.